The molecule has 1 aromatic heterocycles. The van der Waals surface area contributed by atoms with E-state index in [1.165, 1.54) is 0 Å². The molecule has 0 radical (unpaired) electrons. The zero-order chi connectivity index (χ0) is 16.4. The third-order valence-electron chi connectivity index (χ3n) is 3.58. The van der Waals surface area contributed by atoms with Gasteiger partial charge in [0.2, 0.25) is 5.91 Å². The number of hydrogen-bond donors (Lipinski definition) is 2. The first-order chi connectivity index (χ1) is 11.0. The Morgan fingerprint density at radius 3 is 2.52 bits per heavy atom. The predicted octanol–water partition coefficient (Wildman–Crippen LogP) is 2.62. The maximum absolute atomic E-state index is 11.1. The van der Waals surface area contributed by atoms with Crippen LogP contribution >= 0.6 is 0 Å². The number of aromatic nitrogens is 1. The number of carbonyl (C=O) groups excluding carboxylic acids is 1. The van der Waals surface area contributed by atoms with E-state index in [4.69, 9.17) is 11.5 Å². The zero-order valence-electron chi connectivity index (χ0n) is 12.6. The summed E-state index contributed by atoms with van der Waals surface area (Å²) < 4.78 is 0. The molecule has 4 nitrogen and oxygen atoms in total. The first-order valence-corrected chi connectivity index (χ1v) is 7.11. The topological polar surface area (TPSA) is 82.0 Å². The lowest BCUT2D eigenvalue weighted by atomic mass is 10.0. The first kappa shape index (κ1) is 14.6. The van der Waals surface area contributed by atoms with Crippen LogP contribution in [0.1, 0.15) is 27.0 Å². The summed E-state index contributed by atoms with van der Waals surface area (Å²) in [5.74, 6) is 6.10. The largest absolute Gasteiger partial charge is 0.383 e. The molecule has 0 spiro atoms. The van der Waals surface area contributed by atoms with Crippen molar-refractivity contribution < 1.29 is 4.79 Å². The van der Waals surface area contributed by atoms with Crippen LogP contribution in [-0.4, -0.2) is 10.9 Å². The molecule has 3 aromatic rings. The molecule has 0 atom stereocenters. The normalized spacial score (nSPS) is 10.1. The van der Waals surface area contributed by atoms with E-state index in [0.29, 0.717) is 16.9 Å². The van der Waals surface area contributed by atoms with Crippen LogP contribution in [0.2, 0.25) is 0 Å². The van der Waals surface area contributed by atoms with Crippen LogP contribution in [0.15, 0.2) is 48.7 Å². The average molecular weight is 301 g/mol. The molecule has 3 rings (SSSR count). The standard InChI is InChI=1S/C19H15N3O/c1-12-2-6-15-11-22-18(20)16(17(15)10-12)9-5-13-3-7-14(8-4-13)19(21)23/h2-4,6-8,10-11H,1H3,(H2,20,22)(H2,21,23). The molecule has 0 bridgehead atoms. The second kappa shape index (κ2) is 5.82. The molecular weight excluding hydrogens is 286 g/mol. The van der Waals surface area contributed by atoms with Gasteiger partial charge >= 0.3 is 0 Å². The van der Waals surface area contributed by atoms with Crippen LogP contribution in [0.3, 0.4) is 0 Å². The summed E-state index contributed by atoms with van der Waals surface area (Å²) >= 11 is 0. The molecular formula is C19H15N3O. The van der Waals surface area contributed by atoms with Crippen molar-refractivity contribution in [3.8, 4) is 11.8 Å². The number of amides is 1. The number of nitrogens with zero attached hydrogens (tertiary/aromatic N) is 1. The van der Waals surface area contributed by atoms with E-state index < -0.39 is 5.91 Å². The summed E-state index contributed by atoms with van der Waals surface area (Å²) in [4.78, 5) is 15.3. The number of primary amides is 1. The second-order valence-corrected chi connectivity index (χ2v) is 5.30. The van der Waals surface area contributed by atoms with Gasteiger partial charge in [-0.1, -0.05) is 29.5 Å². The van der Waals surface area contributed by atoms with Gasteiger partial charge in [0.05, 0.1) is 5.56 Å². The van der Waals surface area contributed by atoms with Gasteiger partial charge in [-0.2, -0.15) is 0 Å². The van der Waals surface area contributed by atoms with E-state index in [1.807, 2.05) is 25.1 Å². The summed E-state index contributed by atoms with van der Waals surface area (Å²) in [6, 6.07) is 12.9. The minimum Gasteiger partial charge on any atom is -0.383 e. The molecule has 0 aliphatic carbocycles. The summed E-state index contributed by atoms with van der Waals surface area (Å²) in [5, 5.41) is 1.98. The van der Waals surface area contributed by atoms with Crippen LogP contribution < -0.4 is 11.5 Å². The molecule has 2 aromatic carbocycles. The smallest absolute Gasteiger partial charge is 0.248 e. The van der Waals surface area contributed by atoms with E-state index in [9.17, 15) is 4.79 Å². The first-order valence-electron chi connectivity index (χ1n) is 7.11. The fraction of sp³-hybridized carbons (Fsp3) is 0.0526. The fourth-order valence-corrected chi connectivity index (χ4v) is 2.32. The van der Waals surface area contributed by atoms with Gasteiger partial charge in [0.1, 0.15) is 5.82 Å². The third kappa shape index (κ3) is 2.99. The molecule has 0 saturated carbocycles. The molecule has 1 heterocycles. The lowest BCUT2D eigenvalue weighted by Crippen LogP contribution is -2.10. The van der Waals surface area contributed by atoms with Gasteiger partial charge in [0, 0.05) is 28.1 Å². The summed E-state index contributed by atoms with van der Waals surface area (Å²) in [6.45, 7) is 2.02. The van der Waals surface area contributed by atoms with E-state index in [0.717, 1.165) is 21.9 Å². The number of aryl methyl sites for hydroxylation is 1. The zero-order valence-corrected chi connectivity index (χ0v) is 12.6. The van der Waals surface area contributed by atoms with Crippen molar-refractivity contribution >= 4 is 22.5 Å². The van der Waals surface area contributed by atoms with Gasteiger partial charge in [-0.25, -0.2) is 4.98 Å². The number of nitrogen functional groups attached to an aromatic ring is 1. The maximum atomic E-state index is 11.1. The Bertz CT molecular complexity index is 958. The summed E-state index contributed by atoms with van der Waals surface area (Å²) in [7, 11) is 0. The number of rotatable bonds is 1. The van der Waals surface area contributed by atoms with E-state index in [-0.39, 0.29) is 0 Å². The van der Waals surface area contributed by atoms with Gasteiger partial charge in [0.25, 0.3) is 0 Å². The van der Waals surface area contributed by atoms with Crippen molar-refractivity contribution in [1.29, 1.82) is 0 Å². The van der Waals surface area contributed by atoms with Gasteiger partial charge in [0.15, 0.2) is 0 Å². The monoisotopic (exact) mass is 301 g/mol. The van der Waals surface area contributed by atoms with Crippen molar-refractivity contribution in [3.63, 3.8) is 0 Å². The molecule has 1 amide bonds. The average Bonchev–Trinajstić information content (AvgIpc) is 2.54. The number of fused-ring (bicyclic) bond motifs is 1. The molecule has 112 valence electrons. The second-order valence-electron chi connectivity index (χ2n) is 5.30. The van der Waals surface area contributed by atoms with Crippen molar-refractivity contribution in [1.82, 2.24) is 4.98 Å². The minimum atomic E-state index is -0.456. The van der Waals surface area contributed by atoms with Crippen molar-refractivity contribution in [3.05, 3.63) is 70.9 Å². The quantitative estimate of drug-likeness (QED) is 0.678. The Hall–Kier alpha value is -3.32. The summed E-state index contributed by atoms with van der Waals surface area (Å²) in [5.41, 5.74) is 14.3. The van der Waals surface area contributed by atoms with Crippen LogP contribution in [0.4, 0.5) is 5.82 Å². The Kier molecular flexibility index (Phi) is 3.70. The Balaban J connectivity index is 2.06. The van der Waals surface area contributed by atoms with Gasteiger partial charge < -0.3 is 11.5 Å². The fourth-order valence-electron chi connectivity index (χ4n) is 2.32. The molecule has 0 aliphatic rings. The van der Waals surface area contributed by atoms with Gasteiger partial charge in [-0.3, -0.25) is 4.79 Å². The molecule has 4 N–H and O–H groups in total. The van der Waals surface area contributed by atoms with Crippen LogP contribution in [-0.2, 0) is 0 Å². The Morgan fingerprint density at radius 2 is 1.83 bits per heavy atom. The Morgan fingerprint density at radius 1 is 1.09 bits per heavy atom. The van der Waals surface area contributed by atoms with Crippen LogP contribution in [0.5, 0.6) is 0 Å². The van der Waals surface area contributed by atoms with Gasteiger partial charge in [-0.05, 0) is 37.3 Å². The van der Waals surface area contributed by atoms with Crippen molar-refractivity contribution in [2.24, 2.45) is 5.73 Å². The highest BCUT2D eigenvalue weighted by Crippen LogP contribution is 2.22. The highest BCUT2D eigenvalue weighted by molar-refractivity contribution is 5.93. The van der Waals surface area contributed by atoms with E-state index >= 15 is 0 Å². The SMILES string of the molecule is Cc1ccc2cnc(N)c(C#Cc3ccc(C(N)=O)cc3)c2c1. The van der Waals surface area contributed by atoms with E-state index in [2.05, 4.69) is 16.8 Å². The van der Waals surface area contributed by atoms with Gasteiger partial charge in [-0.15, -0.1) is 0 Å². The molecule has 23 heavy (non-hydrogen) atoms. The molecule has 4 heteroatoms. The van der Waals surface area contributed by atoms with E-state index in [1.54, 1.807) is 30.5 Å². The minimum absolute atomic E-state index is 0.407. The number of hydrogen-bond acceptors (Lipinski definition) is 3. The third-order valence-corrected chi connectivity index (χ3v) is 3.58. The maximum Gasteiger partial charge on any atom is 0.248 e. The number of nitrogens with two attached hydrogens (primary N) is 2. The highest BCUT2D eigenvalue weighted by atomic mass is 16.1. The molecule has 0 aliphatic heterocycles. The molecule has 0 fully saturated rings. The highest BCUT2D eigenvalue weighted by Gasteiger charge is 2.05. The predicted molar refractivity (Wildman–Crippen MR) is 91.8 cm³/mol. The Labute approximate surface area is 134 Å². The number of carbonyl (C=O) groups is 1. The lowest BCUT2D eigenvalue weighted by molar-refractivity contribution is 0.100. The lowest BCUT2D eigenvalue weighted by Gasteiger charge is -2.04. The molecule has 0 unspecified atom stereocenters. The van der Waals surface area contributed by atoms with Crippen molar-refractivity contribution in [2.75, 3.05) is 5.73 Å². The number of benzene rings is 2. The van der Waals surface area contributed by atoms with Crippen molar-refractivity contribution in [2.45, 2.75) is 6.92 Å². The summed E-state index contributed by atoms with van der Waals surface area (Å²) in [6.07, 6.45) is 1.75. The van der Waals surface area contributed by atoms with Crippen LogP contribution in [0.25, 0.3) is 10.8 Å². The number of anilines is 1. The molecule has 0 saturated heterocycles. The number of pyridine rings is 1. The van der Waals surface area contributed by atoms with Crippen LogP contribution in [0, 0.1) is 18.8 Å².